The summed E-state index contributed by atoms with van der Waals surface area (Å²) in [5.74, 6) is 0.828. The van der Waals surface area contributed by atoms with Gasteiger partial charge in [-0.1, -0.05) is 46.8 Å². The number of hydrogen-bond acceptors (Lipinski definition) is 3. The largest absolute Gasteiger partial charge is 0.513 e. The van der Waals surface area contributed by atoms with Crippen LogP contribution in [0.1, 0.15) is 40.2 Å². The molecule has 18 heavy (non-hydrogen) atoms. The van der Waals surface area contributed by atoms with Gasteiger partial charge in [0.25, 0.3) is 0 Å². The monoisotopic (exact) mass is 250 g/mol. The summed E-state index contributed by atoms with van der Waals surface area (Å²) in [6.45, 7) is 10.7. The van der Waals surface area contributed by atoms with Crippen molar-refractivity contribution in [2.24, 2.45) is 5.92 Å². The van der Waals surface area contributed by atoms with Crippen LogP contribution in [0.5, 0.6) is 5.75 Å². The molecule has 0 radical (unpaired) electrons. The van der Waals surface area contributed by atoms with E-state index < -0.39 is 6.16 Å². The van der Waals surface area contributed by atoms with Crippen molar-refractivity contribution in [2.75, 3.05) is 6.61 Å². The molecule has 0 unspecified atom stereocenters. The van der Waals surface area contributed by atoms with Crippen LogP contribution in [0.2, 0.25) is 0 Å². The Balaban J connectivity index is 2.65. The van der Waals surface area contributed by atoms with E-state index >= 15 is 0 Å². The van der Waals surface area contributed by atoms with Gasteiger partial charge in [-0.25, -0.2) is 4.79 Å². The number of ether oxygens (including phenoxy) is 2. The Labute approximate surface area is 109 Å². The van der Waals surface area contributed by atoms with Crippen LogP contribution in [0.25, 0.3) is 0 Å². The minimum absolute atomic E-state index is 0.0290. The number of hydrogen-bond donors (Lipinski definition) is 0. The van der Waals surface area contributed by atoms with Gasteiger partial charge < -0.3 is 9.47 Å². The summed E-state index contributed by atoms with van der Waals surface area (Å²) in [6.07, 6.45) is -0.644. The summed E-state index contributed by atoms with van der Waals surface area (Å²) < 4.78 is 10.1. The van der Waals surface area contributed by atoms with Gasteiger partial charge in [-0.15, -0.1) is 0 Å². The zero-order chi connectivity index (χ0) is 13.8. The van der Waals surface area contributed by atoms with E-state index in [9.17, 15) is 4.79 Å². The van der Waals surface area contributed by atoms with Crippen LogP contribution < -0.4 is 4.74 Å². The Hall–Kier alpha value is -1.51. The highest BCUT2D eigenvalue weighted by atomic mass is 16.7. The van der Waals surface area contributed by atoms with Crippen molar-refractivity contribution in [3.8, 4) is 5.75 Å². The maximum absolute atomic E-state index is 11.4. The van der Waals surface area contributed by atoms with Crippen LogP contribution in [0.4, 0.5) is 4.79 Å². The van der Waals surface area contributed by atoms with Crippen LogP contribution in [0.15, 0.2) is 24.3 Å². The fourth-order valence-corrected chi connectivity index (χ4v) is 1.39. The van der Waals surface area contributed by atoms with Crippen molar-refractivity contribution in [1.29, 1.82) is 0 Å². The van der Waals surface area contributed by atoms with Crippen LogP contribution in [0.3, 0.4) is 0 Å². The Morgan fingerprint density at radius 1 is 1.28 bits per heavy atom. The molecule has 0 aliphatic heterocycles. The molecule has 3 nitrogen and oxygen atoms in total. The van der Waals surface area contributed by atoms with Gasteiger partial charge in [-0.2, -0.15) is 0 Å². The normalized spacial score (nSPS) is 11.4. The zero-order valence-electron chi connectivity index (χ0n) is 11.8. The second-order valence-electron chi connectivity index (χ2n) is 5.83. The van der Waals surface area contributed by atoms with E-state index in [-0.39, 0.29) is 5.41 Å². The third-order valence-electron chi connectivity index (χ3n) is 2.44. The van der Waals surface area contributed by atoms with Crippen LogP contribution in [-0.4, -0.2) is 12.8 Å². The highest BCUT2D eigenvalue weighted by Crippen LogP contribution is 2.25. The summed E-state index contributed by atoms with van der Waals surface area (Å²) in [4.78, 5) is 11.4. The molecule has 0 aromatic heterocycles. The molecule has 0 fully saturated rings. The van der Waals surface area contributed by atoms with Crippen molar-refractivity contribution in [3.05, 3.63) is 29.8 Å². The summed E-state index contributed by atoms with van der Waals surface area (Å²) in [5, 5.41) is 0. The summed E-state index contributed by atoms with van der Waals surface area (Å²) >= 11 is 0. The van der Waals surface area contributed by atoms with Gasteiger partial charge >= 0.3 is 6.16 Å². The molecular formula is C15H22O3. The Bertz CT molecular complexity index is 402. The molecule has 0 N–H and O–H groups in total. The molecule has 1 aromatic rings. The zero-order valence-corrected chi connectivity index (χ0v) is 11.8. The Kier molecular flexibility index (Phi) is 4.76. The maximum atomic E-state index is 11.4. The van der Waals surface area contributed by atoms with E-state index in [0.717, 1.165) is 5.56 Å². The lowest BCUT2D eigenvalue weighted by Gasteiger charge is -2.19. The first-order valence-electron chi connectivity index (χ1n) is 6.24. The molecule has 3 heteroatoms. The first-order chi connectivity index (χ1) is 8.29. The Morgan fingerprint density at radius 3 is 2.50 bits per heavy atom. The lowest BCUT2D eigenvalue weighted by Crippen LogP contribution is -2.15. The fraction of sp³-hybridized carbons (Fsp3) is 0.533. The molecule has 0 atom stereocenters. The van der Waals surface area contributed by atoms with Crippen molar-refractivity contribution in [2.45, 2.75) is 40.0 Å². The molecule has 0 saturated heterocycles. The van der Waals surface area contributed by atoms with Gasteiger partial charge in [-0.3, -0.25) is 0 Å². The Morgan fingerprint density at radius 2 is 1.94 bits per heavy atom. The molecule has 0 saturated carbocycles. The van der Waals surface area contributed by atoms with E-state index in [1.165, 1.54) is 0 Å². The van der Waals surface area contributed by atoms with E-state index in [2.05, 4.69) is 20.8 Å². The van der Waals surface area contributed by atoms with Crippen LogP contribution >= 0.6 is 0 Å². The highest BCUT2D eigenvalue weighted by molar-refractivity contribution is 5.63. The topological polar surface area (TPSA) is 35.5 Å². The van der Waals surface area contributed by atoms with Crippen molar-refractivity contribution in [3.63, 3.8) is 0 Å². The second kappa shape index (κ2) is 5.89. The average molecular weight is 250 g/mol. The molecule has 0 heterocycles. The minimum atomic E-state index is -0.644. The first-order valence-corrected chi connectivity index (χ1v) is 6.24. The molecule has 0 amide bonds. The lowest BCUT2D eigenvalue weighted by atomic mass is 9.87. The predicted molar refractivity (Wildman–Crippen MR) is 72.0 cm³/mol. The first kappa shape index (κ1) is 14.6. The smallest absolute Gasteiger partial charge is 0.434 e. The van der Waals surface area contributed by atoms with Crippen molar-refractivity contribution >= 4 is 6.16 Å². The predicted octanol–water partition coefficient (Wildman–Crippen LogP) is 4.16. The summed E-state index contributed by atoms with van der Waals surface area (Å²) in [6, 6.07) is 7.53. The lowest BCUT2D eigenvalue weighted by molar-refractivity contribution is 0.0885. The van der Waals surface area contributed by atoms with E-state index in [1.807, 2.05) is 32.0 Å². The van der Waals surface area contributed by atoms with E-state index in [0.29, 0.717) is 18.3 Å². The summed E-state index contributed by atoms with van der Waals surface area (Å²) in [7, 11) is 0. The number of benzene rings is 1. The van der Waals surface area contributed by atoms with Gasteiger partial charge in [0.15, 0.2) is 0 Å². The van der Waals surface area contributed by atoms with Gasteiger partial charge in [0, 0.05) is 0 Å². The summed E-state index contributed by atoms with van der Waals surface area (Å²) in [5.41, 5.74) is 1.15. The molecule has 0 aliphatic rings. The molecular weight excluding hydrogens is 228 g/mol. The van der Waals surface area contributed by atoms with Gasteiger partial charge in [0.05, 0.1) is 6.61 Å². The van der Waals surface area contributed by atoms with E-state index in [4.69, 9.17) is 9.47 Å². The highest BCUT2D eigenvalue weighted by Gasteiger charge is 2.15. The molecule has 1 aromatic carbocycles. The third kappa shape index (κ3) is 4.78. The molecule has 100 valence electrons. The van der Waals surface area contributed by atoms with Crippen LogP contribution in [-0.2, 0) is 10.2 Å². The maximum Gasteiger partial charge on any atom is 0.513 e. The number of carbonyl (C=O) groups excluding carboxylic acids is 1. The van der Waals surface area contributed by atoms with Gasteiger partial charge in [0.1, 0.15) is 5.75 Å². The molecule has 0 spiro atoms. The average Bonchev–Trinajstić information content (AvgIpc) is 2.25. The minimum Gasteiger partial charge on any atom is -0.434 e. The second-order valence-corrected chi connectivity index (χ2v) is 5.83. The van der Waals surface area contributed by atoms with Crippen LogP contribution in [0, 0.1) is 5.92 Å². The molecule has 1 rings (SSSR count). The molecule has 0 bridgehead atoms. The van der Waals surface area contributed by atoms with Gasteiger partial charge in [-0.05, 0) is 29.0 Å². The number of rotatable bonds is 3. The van der Waals surface area contributed by atoms with Gasteiger partial charge in [0.2, 0.25) is 0 Å². The van der Waals surface area contributed by atoms with E-state index in [1.54, 1.807) is 6.07 Å². The quantitative estimate of drug-likeness (QED) is 0.597. The van der Waals surface area contributed by atoms with Crippen molar-refractivity contribution in [1.82, 2.24) is 0 Å². The third-order valence-corrected chi connectivity index (χ3v) is 2.44. The standard InChI is InChI=1S/C15H22O3/c1-11(2)10-17-14(16)18-13-8-6-7-12(9-13)15(3,4)5/h6-9,11H,10H2,1-5H3. The molecule has 0 aliphatic carbocycles. The number of carbonyl (C=O) groups is 1. The van der Waals surface area contributed by atoms with Crippen molar-refractivity contribution < 1.29 is 14.3 Å². The fourth-order valence-electron chi connectivity index (χ4n) is 1.39. The SMILES string of the molecule is CC(C)COC(=O)Oc1cccc(C(C)(C)C)c1.